The quantitative estimate of drug-likeness (QED) is 0.441. The van der Waals surface area contributed by atoms with E-state index < -0.39 is 12.1 Å². The molecule has 2 aromatic rings. The maximum atomic E-state index is 12.5. The van der Waals surface area contributed by atoms with Crippen molar-refractivity contribution in [2.45, 2.75) is 38.7 Å². The fourth-order valence-electron chi connectivity index (χ4n) is 2.24. The number of thiophene rings is 1. The fourth-order valence-corrected chi connectivity index (χ4v) is 2.95. The summed E-state index contributed by atoms with van der Waals surface area (Å²) < 4.78 is 5.41. The Hall–Kier alpha value is -2.14. The molecular weight excluding hydrogens is 312 g/mol. The monoisotopic (exact) mass is 332 g/mol. The molecule has 0 bridgehead atoms. The minimum atomic E-state index is -0.813. The second-order valence-corrected chi connectivity index (χ2v) is 6.20. The standard InChI is InChI=1S/C18H20O4S/c1-2-3-4-10-15(17(20)16-11-7-12-23-16)22-18(21)13-8-5-6-9-14(13)19/h5-9,11-12,15,19H,2-4,10H2,1H3. The molecule has 1 aromatic heterocycles. The number of hydrogen-bond donors (Lipinski definition) is 1. The van der Waals surface area contributed by atoms with Crippen molar-refractivity contribution in [3.63, 3.8) is 0 Å². The minimum absolute atomic E-state index is 0.0759. The van der Waals surface area contributed by atoms with Crippen LogP contribution in [-0.4, -0.2) is 23.0 Å². The number of carbonyl (C=O) groups excluding carboxylic acids is 2. The Kier molecular flexibility index (Phi) is 6.35. The molecule has 0 aliphatic heterocycles. The number of phenolic OH excluding ortho intramolecular Hbond substituents is 1. The lowest BCUT2D eigenvalue weighted by Gasteiger charge is -2.16. The largest absolute Gasteiger partial charge is 0.507 e. The summed E-state index contributed by atoms with van der Waals surface area (Å²) >= 11 is 1.33. The first-order chi connectivity index (χ1) is 11.1. The predicted molar refractivity (Wildman–Crippen MR) is 90.1 cm³/mol. The molecule has 0 amide bonds. The molecule has 1 heterocycles. The van der Waals surface area contributed by atoms with E-state index in [1.807, 2.05) is 5.38 Å². The van der Waals surface area contributed by atoms with Gasteiger partial charge in [-0.1, -0.05) is 38.0 Å². The van der Waals surface area contributed by atoms with Crippen LogP contribution in [0.5, 0.6) is 5.75 Å². The van der Waals surface area contributed by atoms with Crippen LogP contribution in [0.2, 0.25) is 0 Å². The van der Waals surface area contributed by atoms with Crippen molar-refractivity contribution in [2.24, 2.45) is 0 Å². The molecule has 1 N–H and O–H groups in total. The van der Waals surface area contributed by atoms with Gasteiger partial charge in [0.1, 0.15) is 11.3 Å². The van der Waals surface area contributed by atoms with E-state index in [-0.39, 0.29) is 17.1 Å². The summed E-state index contributed by atoms with van der Waals surface area (Å²) in [5.41, 5.74) is 0.0759. The van der Waals surface area contributed by atoms with Crippen LogP contribution in [0.4, 0.5) is 0 Å². The number of ketones is 1. The first-order valence-electron chi connectivity index (χ1n) is 7.70. The number of esters is 1. The van der Waals surface area contributed by atoms with E-state index in [1.165, 1.54) is 23.5 Å². The van der Waals surface area contributed by atoms with Gasteiger partial charge in [0.05, 0.1) is 4.88 Å². The Bertz CT molecular complexity index is 649. The lowest BCUT2D eigenvalue weighted by Crippen LogP contribution is -2.27. The number of carbonyl (C=O) groups is 2. The third-order valence-corrected chi connectivity index (χ3v) is 4.38. The van der Waals surface area contributed by atoms with Crippen molar-refractivity contribution >= 4 is 23.1 Å². The minimum Gasteiger partial charge on any atom is -0.507 e. The van der Waals surface area contributed by atoms with E-state index >= 15 is 0 Å². The molecule has 0 spiro atoms. The third kappa shape index (κ3) is 4.66. The molecule has 0 saturated carbocycles. The Morgan fingerprint density at radius 3 is 2.61 bits per heavy atom. The van der Waals surface area contributed by atoms with Crippen molar-refractivity contribution in [1.29, 1.82) is 0 Å². The van der Waals surface area contributed by atoms with Crippen molar-refractivity contribution in [2.75, 3.05) is 0 Å². The highest BCUT2D eigenvalue weighted by molar-refractivity contribution is 7.12. The summed E-state index contributed by atoms with van der Waals surface area (Å²) in [6, 6.07) is 9.70. The van der Waals surface area contributed by atoms with Gasteiger partial charge in [0.2, 0.25) is 5.78 Å². The number of Topliss-reactive ketones (excluding diaryl/α,β-unsaturated/α-hetero) is 1. The maximum absolute atomic E-state index is 12.5. The van der Waals surface area contributed by atoms with E-state index in [2.05, 4.69) is 6.92 Å². The normalized spacial score (nSPS) is 11.9. The van der Waals surface area contributed by atoms with Gasteiger partial charge < -0.3 is 9.84 Å². The van der Waals surface area contributed by atoms with Gasteiger partial charge in [-0.3, -0.25) is 4.79 Å². The Morgan fingerprint density at radius 2 is 1.96 bits per heavy atom. The third-order valence-electron chi connectivity index (χ3n) is 3.50. The zero-order valence-electron chi connectivity index (χ0n) is 13.0. The molecule has 5 heteroatoms. The topological polar surface area (TPSA) is 63.6 Å². The lowest BCUT2D eigenvalue weighted by atomic mass is 10.1. The number of unbranched alkanes of at least 4 members (excludes halogenated alkanes) is 2. The van der Waals surface area contributed by atoms with E-state index in [0.717, 1.165) is 19.3 Å². The lowest BCUT2D eigenvalue weighted by molar-refractivity contribution is 0.0262. The van der Waals surface area contributed by atoms with Gasteiger partial charge in [-0.05, 0) is 36.4 Å². The summed E-state index contributed by atoms with van der Waals surface area (Å²) in [5.74, 6) is -0.997. The van der Waals surface area contributed by atoms with Gasteiger partial charge >= 0.3 is 5.97 Å². The fraction of sp³-hybridized carbons (Fsp3) is 0.333. The number of phenols is 1. The van der Waals surface area contributed by atoms with Gasteiger partial charge in [0.25, 0.3) is 0 Å². The van der Waals surface area contributed by atoms with E-state index in [0.29, 0.717) is 11.3 Å². The van der Waals surface area contributed by atoms with E-state index in [4.69, 9.17) is 4.74 Å². The first kappa shape index (κ1) is 17.2. The molecule has 1 aromatic carbocycles. The van der Waals surface area contributed by atoms with Gasteiger partial charge in [0.15, 0.2) is 6.10 Å². The SMILES string of the molecule is CCCCCC(OC(=O)c1ccccc1O)C(=O)c1cccs1. The van der Waals surface area contributed by atoms with Crippen LogP contribution < -0.4 is 0 Å². The number of rotatable bonds is 8. The first-order valence-corrected chi connectivity index (χ1v) is 8.58. The summed E-state index contributed by atoms with van der Waals surface area (Å²) in [7, 11) is 0. The van der Waals surface area contributed by atoms with Gasteiger partial charge in [-0.25, -0.2) is 4.79 Å². The number of aromatic hydroxyl groups is 1. The molecule has 0 fully saturated rings. The highest BCUT2D eigenvalue weighted by Gasteiger charge is 2.26. The van der Waals surface area contributed by atoms with Crippen LogP contribution in [0.25, 0.3) is 0 Å². The van der Waals surface area contributed by atoms with E-state index in [9.17, 15) is 14.7 Å². The van der Waals surface area contributed by atoms with Gasteiger partial charge in [-0.15, -0.1) is 11.3 Å². The van der Waals surface area contributed by atoms with Crippen LogP contribution in [0, 0.1) is 0 Å². The average Bonchev–Trinajstić information content (AvgIpc) is 3.08. The van der Waals surface area contributed by atoms with Crippen molar-refractivity contribution < 1.29 is 19.4 Å². The molecule has 0 aliphatic carbocycles. The zero-order chi connectivity index (χ0) is 16.7. The smallest absolute Gasteiger partial charge is 0.342 e. The van der Waals surface area contributed by atoms with Crippen LogP contribution in [0.15, 0.2) is 41.8 Å². The molecule has 1 atom stereocenters. The molecule has 0 radical (unpaired) electrons. The highest BCUT2D eigenvalue weighted by atomic mass is 32.1. The molecule has 122 valence electrons. The van der Waals surface area contributed by atoms with Crippen LogP contribution in [0.1, 0.15) is 52.6 Å². The Morgan fingerprint density at radius 1 is 1.17 bits per heavy atom. The molecule has 0 saturated heterocycles. The van der Waals surface area contributed by atoms with Crippen molar-refractivity contribution in [1.82, 2.24) is 0 Å². The maximum Gasteiger partial charge on any atom is 0.342 e. The second-order valence-electron chi connectivity index (χ2n) is 5.25. The zero-order valence-corrected chi connectivity index (χ0v) is 13.8. The molecule has 0 aliphatic rings. The van der Waals surface area contributed by atoms with Crippen LogP contribution in [-0.2, 0) is 4.74 Å². The second kappa shape index (κ2) is 8.48. The molecule has 4 nitrogen and oxygen atoms in total. The Balaban J connectivity index is 2.12. The van der Waals surface area contributed by atoms with Crippen LogP contribution >= 0.6 is 11.3 Å². The molecule has 1 unspecified atom stereocenters. The Labute approximate surface area is 139 Å². The summed E-state index contributed by atoms with van der Waals surface area (Å²) in [5, 5.41) is 11.6. The summed E-state index contributed by atoms with van der Waals surface area (Å²) in [6.45, 7) is 2.07. The number of hydrogen-bond acceptors (Lipinski definition) is 5. The predicted octanol–water partition coefficient (Wildman–Crippen LogP) is 4.44. The number of ether oxygens (including phenoxy) is 1. The van der Waals surface area contributed by atoms with Crippen LogP contribution in [0.3, 0.4) is 0 Å². The summed E-state index contributed by atoms with van der Waals surface area (Å²) in [6.07, 6.45) is 2.48. The number of para-hydroxylation sites is 1. The number of benzene rings is 1. The molecule has 23 heavy (non-hydrogen) atoms. The molecular formula is C18H20O4S. The average molecular weight is 332 g/mol. The van der Waals surface area contributed by atoms with Crippen molar-refractivity contribution in [3.8, 4) is 5.75 Å². The summed E-state index contributed by atoms with van der Waals surface area (Å²) in [4.78, 5) is 25.4. The van der Waals surface area contributed by atoms with Crippen molar-refractivity contribution in [3.05, 3.63) is 52.2 Å². The van der Waals surface area contributed by atoms with E-state index in [1.54, 1.807) is 24.3 Å². The van der Waals surface area contributed by atoms with Gasteiger partial charge in [0, 0.05) is 0 Å². The molecule has 2 rings (SSSR count). The highest BCUT2D eigenvalue weighted by Crippen LogP contribution is 2.21. The van der Waals surface area contributed by atoms with Gasteiger partial charge in [-0.2, -0.15) is 0 Å².